The van der Waals surface area contributed by atoms with Crippen LogP contribution in [0.15, 0.2) is 0 Å². The number of thioether (sulfide) groups is 1. The molecule has 0 heterocycles. The van der Waals surface area contributed by atoms with Gasteiger partial charge in [0.1, 0.15) is 0 Å². The molecule has 1 rings (SSSR count). The van der Waals surface area contributed by atoms with E-state index < -0.39 is 5.97 Å². The second kappa shape index (κ2) is 9.92. The molecule has 3 N–H and O–H groups in total. The zero-order valence-electron chi connectivity index (χ0n) is 13.1. The fourth-order valence-corrected chi connectivity index (χ4v) is 3.64. The molecule has 21 heavy (non-hydrogen) atoms. The van der Waals surface area contributed by atoms with Gasteiger partial charge in [-0.1, -0.05) is 19.8 Å². The first-order valence-corrected chi connectivity index (χ1v) is 9.10. The lowest BCUT2D eigenvalue weighted by molar-refractivity contribution is -0.137. The monoisotopic (exact) mass is 316 g/mol. The molecular weight excluding hydrogens is 288 g/mol. The maximum atomic E-state index is 11.9. The fourth-order valence-electron chi connectivity index (χ4n) is 2.71. The summed E-state index contributed by atoms with van der Waals surface area (Å²) in [6, 6.07) is 0.185. The molecule has 1 aliphatic rings. The Morgan fingerprint density at radius 3 is 2.67 bits per heavy atom. The third-order valence-corrected chi connectivity index (χ3v) is 5.27. The van der Waals surface area contributed by atoms with Gasteiger partial charge in [0, 0.05) is 24.3 Å². The van der Waals surface area contributed by atoms with Gasteiger partial charge >= 0.3 is 12.0 Å². The van der Waals surface area contributed by atoms with Crippen molar-refractivity contribution in [2.24, 2.45) is 5.92 Å². The van der Waals surface area contributed by atoms with Gasteiger partial charge in [-0.05, 0) is 37.9 Å². The normalized spacial score (nSPS) is 23.3. The van der Waals surface area contributed by atoms with E-state index >= 15 is 0 Å². The standard InChI is InChI=1S/C15H28N2O3S/c1-11(7-8-14(18)19)9-10-16-15(20)17-12-5-3-4-6-13(12)21-2/h11-13H,3-10H2,1-2H3,(H,18,19)(H2,16,17,20). The van der Waals surface area contributed by atoms with Gasteiger partial charge in [-0.2, -0.15) is 11.8 Å². The second-order valence-electron chi connectivity index (χ2n) is 5.89. The second-order valence-corrected chi connectivity index (χ2v) is 6.97. The van der Waals surface area contributed by atoms with Gasteiger partial charge in [-0.3, -0.25) is 4.79 Å². The van der Waals surface area contributed by atoms with E-state index in [9.17, 15) is 9.59 Å². The molecule has 0 radical (unpaired) electrons. The number of carbonyl (C=O) groups is 2. The zero-order chi connectivity index (χ0) is 15.7. The minimum Gasteiger partial charge on any atom is -0.481 e. The Morgan fingerprint density at radius 2 is 2.00 bits per heavy atom. The molecule has 1 fully saturated rings. The predicted molar refractivity (Wildman–Crippen MR) is 86.7 cm³/mol. The van der Waals surface area contributed by atoms with Crippen LogP contribution in [0.1, 0.15) is 51.9 Å². The van der Waals surface area contributed by atoms with E-state index in [2.05, 4.69) is 16.9 Å². The summed E-state index contributed by atoms with van der Waals surface area (Å²) in [7, 11) is 0. The maximum Gasteiger partial charge on any atom is 0.315 e. The fraction of sp³-hybridized carbons (Fsp3) is 0.867. The lowest BCUT2D eigenvalue weighted by Gasteiger charge is -2.30. The minimum atomic E-state index is -0.757. The largest absolute Gasteiger partial charge is 0.481 e. The van der Waals surface area contributed by atoms with Gasteiger partial charge in [0.25, 0.3) is 0 Å². The molecule has 0 spiro atoms. The van der Waals surface area contributed by atoms with Crippen LogP contribution in [0.4, 0.5) is 4.79 Å². The number of carboxylic acids is 1. The third kappa shape index (κ3) is 7.60. The lowest BCUT2D eigenvalue weighted by Crippen LogP contribution is -2.48. The Labute approximate surface area is 131 Å². The Kier molecular flexibility index (Phi) is 8.57. The van der Waals surface area contributed by atoms with Crippen LogP contribution in [-0.2, 0) is 4.79 Å². The van der Waals surface area contributed by atoms with E-state index in [1.54, 1.807) is 0 Å². The molecule has 1 saturated carbocycles. The van der Waals surface area contributed by atoms with Gasteiger partial charge in [0.15, 0.2) is 0 Å². The first kappa shape index (κ1) is 18.1. The van der Waals surface area contributed by atoms with E-state index in [1.165, 1.54) is 19.3 Å². The molecule has 0 aromatic carbocycles. The highest BCUT2D eigenvalue weighted by molar-refractivity contribution is 7.99. The van der Waals surface area contributed by atoms with E-state index in [4.69, 9.17) is 5.11 Å². The van der Waals surface area contributed by atoms with Crippen molar-refractivity contribution < 1.29 is 14.7 Å². The summed E-state index contributed by atoms with van der Waals surface area (Å²) >= 11 is 1.84. The number of amides is 2. The molecule has 6 heteroatoms. The highest BCUT2D eigenvalue weighted by Gasteiger charge is 2.25. The number of carboxylic acid groups (broad SMARTS) is 1. The van der Waals surface area contributed by atoms with Crippen LogP contribution in [0.2, 0.25) is 0 Å². The van der Waals surface area contributed by atoms with Crippen LogP contribution in [-0.4, -0.2) is 41.2 Å². The molecular formula is C15H28N2O3S. The average Bonchev–Trinajstić information content (AvgIpc) is 2.45. The Morgan fingerprint density at radius 1 is 1.29 bits per heavy atom. The SMILES string of the molecule is CSC1CCCCC1NC(=O)NCCC(C)CCC(=O)O. The average molecular weight is 316 g/mol. The first-order valence-electron chi connectivity index (χ1n) is 7.82. The summed E-state index contributed by atoms with van der Waals surface area (Å²) in [5.41, 5.74) is 0. The molecule has 3 unspecified atom stereocenters. The molecule has 5 nitrogen and oxygen atoms in total. The Balaban J connectivity index is 2.17. The van der Waals surface area contributed by atoms with Crippen molar-refractivity contribution in [1.82, 2.24) is 10.6 Å². The van der Waals surface area contributed by atoms with Crippen molar-refractivity contribution >= 4 is 23.8 Å². The van der Waals surface area contributed by atoms with Gasteiger partial charge in [0.05, 0.1) is 0 Å². The van der Waals surface area contributed by atoms with Gasteiger partial charge in [-0.25, -0.2) is 4.79 Å². The highest BCUT2D eigenvalue weighted by Crippen LogP contribution is 2.26. The summed E-state index contributed by atoms with van der Waals surface area (Å²) in [6.07, 6.45) is 8.47. The molecule has 0 aliphatic heterocycles. The van der Waals surface area contributed by atoms with Gasteiger partial charge < -0.3 is 15.7 Å². The van der Waals surface area contributed by atoms with Crippen LogP contribution >= 0.6 is 11.8 Å². The molecule has 0 aromatic rings. The topological polar surface area (TPSA) is 78.4 Å². The Bertz CT molecular complexity index is 339. The maximum absolute atomic E-state index is 11.9. The van der Waals surface area contributed by atoms with Crippen LogP contribution in [0.3, 0.4) is 0 Å². The van der Waals surface area contributed by atoms with E-state index in [-0.39, 0.29) is 18.5 Å². The molecule has 122 valence electrons. The lowest BCUT2D eigenvalue weighted by atomic mass is 9.95. The number of carbonyl (C=O) groups excluding carboxylic acids is 1. The molecule has 1 aliphatic carbocycles. The highest BCUT2D eigenvalue weighted by atomic mass is 32.2. The van der Waals surface area contributed by atoms with E-state index in [1.807, 2.05) is 18.7 Å². The summed E-state index contributed by atoms with van der Waals surface area (Å²) in [4.78, 5) is 22.4. The van der Waals surface area contributed by atoms with Gasteiger partial charge in [-0.15, -0.1) is 0 Å². The van der Waals surface area contributed by atoms with Crippen molar-refractivity contribution in [2.75, 3.05) is 12.8 Å². The van der Waals surface area contributed by atoms with Crippen molar-refractivity contribution in [3.8, 4) is 0 Å². The van der Waals surface area contributed by atoms with E-state index in [0.717, 1.165) is 12.8 Å². The summed E-state index contributed by atoms with van der Waals surface area (Å²) in [6.45, 7) is 2.62. The van der Waals surface area contributed by atoms with Crippen molar-refractivity contribution in [1.29, 1.82) is 0 Å². The molecule has 3 atom stereocenters. The van der Waals surface area contributed by atoms with E-state index in [0.29, 0.717) is 24.1 Å². The van der Waals surface area contributed by atoms with Crippen LogP contribution in [0.5, 0.6) is 0 Å². The number of nitrogens with one attached hydrogen (secondary N) is 2. The molecule has 0 bridgehead atoms. The predicted octanol–water partition coefficient (Wildman–Crippen LogP) is 2.85. The summed E-state index contributed by atoms with van der Waals surface area (Å²) in [5.74, 6) is -0.442. The van der Waals surface area contributed by atoms with Crippen LogP contribution < -0.4 is 10.6 Å². The third-order valence-electron chi connectivity index (χ3n) is 4.10. The quantitative estimate of drug-likeness (QED) is 0.643. The molecule has 2 amide bonds. The molecule has 0 aromatic heterocycles. The van der Waals surface area contributed by atoms with Crippen LogP contribution in [0, 0.1) is 5.92 Å². The van der Waals surface area contributed by atoms with Crippen LogP contribution in [0.25, 0.3) is 0 Å². The number of hydrogen-bond acceptors (Lipinski definition) is 3. The number of rotatable bonds is 8. The molecule has 0 saturated heterocycles. The minimum absolute atomic E-state index is 0.0913. The van der Waals surface area contributed by atoms with Crippen molar-refractivity contribution in [3.05, 3.63) is 0 Å². The van der Waals surface area contributed by atoms with Crippen molar-refractivity contribution in [3.63, 3.8) is 0 Å². The number of aliphatic carboxylic acids is 1. The smallest absolute Gasteiger partial charge is 0.315 e. The first-order chi connectivity index (χ1) is 10.0. The number of urea groups is 1. The van der Waals surface area contributed by atoms with Gasteiger partial charge in [0.2, 0.25) is 0 Å². The summed E-state index contributed by atoms with van der Waals surface area (Å²) < 4.78 is 0. The zero-order valence-corrected chi connectivity index (χ0v) is 13.9. The van der Waals surface area contributed by atoms with Crippen molar-refractivity contribution in [2.45, 2.75) is 63.2 Å². The summed E-state index contributed by atoms with van der Waals surface area (Å²) in [5, 5.41) is 15.1. The number of hydrogen-bond donors (Lipinski definition) is 3. The Hall–Kier alpha value is -0.910.